The molecule has 0 fully saturated rings. The van der Waals surface area contributed by atoms with Crippen molar-refractivity contribution in [2.45, 2.75) is 20.3 Å². The van der Waals surface area contributed by atoms with Gasteiger partial charge in [0.1, 0.15) is 0 Å². The highest BCUT2D eigenvalue weighted by Crippen LogP contribution is 1.56. The summed E-state index contributed by atoms with van der Waals surface area (Å²) >= 11 is 0. The van der Waals surface area contributed by atoms with E-state index in [1.54, 1.807) is 0 Å². The second-order valence-electron chi connectivity index (χ2n) is 0.707. The summed E-state index contributed by atoms with van der Waals surface area (Å²) in [6, 6.07) is 0. The predicted octanol–water partition coefficient (Wildman–Crippen LogP) is -0.150. The van der Waals surface area contributed by atoms with E-state index in [-0.39, 0.29) is 0 Å². The second kappa shape index (κ2) is 1090. The zero-order chi connectivity index (χ0) is 10.7. The van der Waals surface area contributed by atoms with Crippen LogP contribution in [-0.4, -0.2) is 48.9 Å². The summed E-state index contributed by atoms with van der Waals surface area (Å²) in [7, 11) is 4.00. The number of hydrogen-bond acceptors (Lipinski definition) is 4. The molecule has 0 rings (SSSR count). The Bertz CT molecular complexity index is 10.4. The molecule has 76 valence electrons. The van der Waals surface area contributed by atoms with Crippen LogP contribution in [0.25, 0.3) is 0 Å². The summed E-state index contributed by atoms with van der Waals surface area (Å²) in [4.78, 5) is 0. The summed E-state index contributed by atoms with van der Waals surface area (Å²) in [5.41, 5.74) is 0. The highest BCUT2D eigenvalue weighted by Gasteiger charge is 1.35. The van der Waals surface area contributed by atoms with Crippen molar-refractivity contribution in [2.24, 2.45) is 0 Å². The average Bonchev–Trinajstić information content (AvgIpc) is 2.18. The Morgan fingerprint density at radius 3 is 0.545 bits per heavy atom. The minimum absolute atomic E-state index is 1.00. The molecule has 0 saturated carbocycles. The highest BCUT2D eigenvalue weighted by atomic mass is 16.2. The van der Waals surface area contributed by atoms with Crippen LogP contribution in [0.2, 0.25) is 0 Å². The molecule has 0 bridgehead atoms. The first-order valence-corrected chi connectivity index (χ1v) is 3.20. The highest BCUT2D eigenvalue weighted by molar-refractivity contribution is 3.92. The standard InChI is InChI=1S/C3H8.4CH4O/c1-3-2;4*1-2/h3H2,1-2H3;4*2H,1H3. The summed E-state index contributed by atoms with van der Waals surface area (Å²) in [6.07, 6.45) is 1.25. The van der Waals surface area contributed by atoms with E-state index in [9.17, 15) is 0 Å². The molecular weight excluding hydrogens is 148 g/mol. The summed E-state index contributed by atoms with van der Waals surface area (Å²) in [5.74, 6) is 0. The minimum Gasteiger partial charge on any atom is -0.400 e. The molecule has 0 aliphatic carbocycles. The number of rotatable bonds is 0. The second-order valence-corrected chi connectivity index (χ2v) is 0.707. The quantitative estimate of drug-likeness (QED) is 0.409. The summed E-state index contributed by atoms with van der Waals surface area (Å²) < 4.78 is 0. The first-order valence-electron chi connectivity index (χ1n) is 3.20. The molecule has 0 aliphatic rings. The van der Waals surface area contributed by atoms with Gasteiger partial charge in [0, 0.05) is 28.4 Å². The number of aliphatic hydroxyl groups excluding tert-OH is 4. The fraction of sp³-hybridized carbons (Fsp3) is 1.00. The molecule has 11 heavy (non-hydrogen) atoms. The molecule has 4 nitrogen and oxygen atoms in total. The molecule has 0 atom stereocenters. The van der Waals surface area contributed by atoms with E-state index in [4.69, 9.17) is 20.4 Å². The lowest BCUT2D eigenvalue weighted by molar-refractivity contribution is 0.399. The fourth-order valence-corrected chi connectivity index (χ4v) is 0. The Labute approximate surface area is 70.1 Å². The van der Waals surface area contributed by atoms with Gasteiger partial charge in [-0.2, -0.15) is 0 Å². The molecule has 4 N–H and O–H groups in total. The van der Waals surface area contributed by atoms with Crippen LogP contribution in [0.5, 0.6) is 0 Å². The van der Waals surface area contributed by atoms with Crippen LogP contribution >= 0.6 is 0 Å². The van der Waals surface area contributed by atoms with Gasteiger partial charge in [-0.1, -0.05) is 20.3 Å². The predicted molar refractivity (Wildman–Crippen MR) is 48.5 cm³/mol. The number of aliphatic hydroxyl groups is 4. The van der Waals surface area contributed by atoms with Gasteiger partial charge in [0.25, 0.3) is 0 Å². The Morgan fingerprint density at radius 1 is 0.545 bits per heavy atom. The third kappa shape index (κ3) is 23600. The first-order chi connectivity index (χ1) is 5.41. The summed E-state index contributed by atoms with van der Waals surface area (Å²) in [6.45, 7) is 4.25. The van der Waals surface area contributed by atoms with E-state index >= 15 is 0 Å². The van der Waals surface area contributed by atoms with E-state index in [2.05, 4.69) is 13.8 Å². The molecule has 0 saturated heterocycles. The van der Waals surface area contributed by atoms with Crippen molar-refractivity contribution in [3.63, 3.8) is 0 Å². The monoisotopic (exact) mass is 172 g/mol. The maximum Gasteiger partial charge on any atom is 0.0319 e. The maximum absolute atomic E-state index is 7.00. The van der Waals surface area contributed by atoms with E-state index < -0.39 is 0 Å². The number of hydrogen-bond donors (Lipinski definition) is 4. The van der Waals surface area contributed by atoms with Crippen molar-refractivity contribution in [1.82, 2.24) is 0 Å². The molecule has 4 heteroatoms. The maximum atomic E-state index is 7.00. The molecular formula is C7H24O4. The third-order valence-electron chi connectivity index (χ3n) is 0. The lowest BCUT2D eigenvalue weighted by Gasteiger charge is -1.48. The van der Waals surface area contributed by atoms with Crippen LogP contribution in [0, 0.1) is 0 Å². The molecule has 0 amide bonds. The Morgan fingerprint density at radius 2 is 0.545 bits per heavy atom. The van der Waals surface area contributed by atoms with Crippen LogP contribution < -0.4 is 0 Å². The van der Waals surface area contributed by atoms with Gasteiger partial charge in [-0.3, -0.25) is 0 Å². The Balaban J connectivity index is -0.0000000139. The summed E-state index contributed by atoms with van der Waals surface area (Å²) in [5, 5.41) is 28.0. The largest absolute Gasteiger partial charge is 0.400 e. The van der Waals surface area contributed by atoms with Crippen LogP contribution in [0.15, 0.2) is 0 Å². The van der Waals surface area contributed by atoms with Gasteiger partial charge in [0.05, 0.1) is 0 Å². The zero-order valence-electron chi connectivity index (χ0n) is 8.50. The van der Waals surface area contributed by atoms with Gasteiger partial charge in [-0.05, 0) is 0 Å². The lowest BCUT2D eigenvalue weighted by atomic mass is 10.6. The molecule has 0 aromatic heterocycles. The molecule has 0 unspecified atom stereocenters. The van der Waals surface area contributed by atoms with Gasteiger partial charge in [0.2, 0.25) is 0 Å². The van der Waals surface area contributed by atoms with Gasteiger partial charge >= 0.3 is 0 Å². The Kier molecular flexibility index (Phi) is 3050. The Hall–Kier alpha value is -0.160. The van der Waals surface area contributed by atoms with Crippen molar-refractivity contribution < 1.29 is 20.4 Å². The van der Waals surface area contributed by atoms with E-state index in [0.29, 0.717) is 0 Å². The fourth-order valence-electron chi connectivity index (χ4n) is 0. The molecule has 0 heterocycles. The van der Waals surface area contributed by atoms with Crippen LogP contribution in [0.4, 0.5) is 0 Å². The zero-order valence-corrected chi connectivity index (χ0v) is 8.50. The normalized spacial score (nSPS) is 3.82. The SMILES string of the molecule is CCC.CO.CO.CO.CO. The van der Waals surface area contributed by atoms with E-state index in [0.717, 1.165) is 28.4 Å². The van der Waals surface area contributed by atoms with Gasteiger partial charge < -0.3 is 20.4 Å². The van der Waals surface area contributed by atoms with E-state index in [1.807, 2.05) is 0 Å². The van der Waals surface area contributed by atoms with Crippen molar-refractivity contribution in [3.8, 4) is 0 Å². The van der Waals surface area contributed by atoms with Gasteiger partial charge in [-0.15, -0.1) is 0 Å². The topological polar surface area (TPSA) is 80.9 Å². The average molecular weight is 172 g/mol. The first kappa shape index (κ1) is 30.8. The van der Waals surface area contributed by atoms with Crippen LogP contribution in [0.1, 0.15) is 20.3 Å². The molecule has 0 radical (unpaired) electrons. The van der Waals surface area contributed by atoms with Crippen molar-refractivity contribution in [2.75, 3.05) is 28.4 Å². The third-order valence-corrected chi connectivity index (χ3v) is 0. The molecule has 0 spiro atoms. The van der Waals surface area contributed by atoms with E-state index in [1.165, 1.54) is 6.42 Å². The van der Waals surface area contributed by atoms with Gasteiger partial charge in [0.15, 0.2) is 0 Å². The van der Waals surface area contributed by atoms with Gasteiger partial charge in [-0.25, -0.2) is 0 Å². The van der Waals surface area contributed by atoms with Crippen LogP contribution in [-0.2, 0) is 0 Å². The smallest absolute Gasteiger partial charge is 0.0319 e. The van der Waals surface area contributed by atoms with Crippen molar-refractivity contribution >= 4 is 0 Å². The van der Waals surface area contributed by atoms with Crippen molar-refractivity contribution in [3.05, 3.63) is 0 Å². The molecule has 0 aliphatic heterocycles. The van der Waals surface area contributed by atoms with Crippen LogP contribution in [0.3, 0.4) is 0 Å². The van der Waals surface area contributed by atoms with Crippen molar-refractivity contribution in [1.29, 1.82) is 0 Å². The lowest BCUT2D eigenvalue weighted by Crippen LogP contribution is -1.27. The molecule has 0 aromatic rings. The molecule has 0 aromatic carbocycles. The minimum atomic E-state index is 1.00.